The second-order valence-corrected chi connectivity index (χ2v) is 7.69. The van der Waals surface area contributed by atoms with Crippen LogP contribution in [0.5, 0.6) is 0 Å². The van der Waals surface area contributed by atoms with Crippen molar-refractivity contribution in [3.05, 3.63) is 59.7 Å². The van der Waals surface area contributed by atoms with Gasteiger partial charge in [-0.15, -0.1) is 0 Å². The zero-order valence-corrected chi connectivity index (χ0v) is 17.4. The first-order chi connectivity index (χ1) is 15.0. The molecule has 2 aliphatic heterocycles. The first-order valence-corrected chi connectivity index (χ1v) is 10.3. The predicted octanol–water partition coefficient (Wildman–Crippen LogP) is 2.05. The van der Waals surface area contributed by atoms with E-state index in [1.165, 1.54) is 0 Å². The Morgan fingerprint density at radius 1 is 1.06 bits per heavy atom. The number of anilines is 2. The number of hydrogen-bond acceptors (Lipinski definition) is 3. The number of nitrogens with zero attached hydrogens (tertiary/aromatic N) is 2. The monoisotopic (exact) mass is 416 g/mol. The van der Waals surface area contributed by atoms with Crippen LogP contribution >= 0.6 is 0 Å². The third kappa shape index (κ3) is 4.69. The molecular weight excluding hydrogens is 392 g/mol. The fraction of sp³-hybridized carbons (Fsp3) is 0.292. The van der Waals surface area contributed by atoms with E-state index in [0.717, 1.165) is 22.5 Å². The largest absolute Gasteiger partial charge is 0.345 e. The van der Waals surface area contributed by atoms with E-state index in [4.69, 9.17) is 0 Å². The molecule has 2 fully saturated rings. The van der Waals surface area contributed by atoms with Gasteiger partial charge in [-0.3, -0.25) is 14.5 Å². The van der Waals surface area contributed by atoms with Gasteiger partial charge in [-0.1, -0.05) is 29.5 Å². The first-order valence-electron chi connectivity index (χ1n) is 10.3. The van der Waals surface area contributed by atoms with E-state index in [-0.39, 0.29) is 36.7 Å². The summed E-state index contributed by atoms with van der Waals surface area (Å²) in [6.07, 6.45) is 0.207. The molecule has 0 aliphatic carbocycles. The molecule has 2 aromatic carbocycles. The first kappa shape index (κ1) is 20.5. The fourth-order valence-corrected chi connectivity index (χ4v) is 3.72. The van der Waals surface area contributed by atoms with Crippen molar-refractivity contribution in [3.8, 4) is 11.8 Å². The van der Waals surface area contributed by atoms with Crippen LogP contribution in [-0.4, -0.2) is 44.0 Å². The smallest absolute Gasteiger partial charge is 0.321 e. The molecule has 1 atom stereocenters. The zero-order chi connectivity index (χ0) is 21.8. The summed E-state index contributed by atoms with van der Waals surface area (Å²) in [5.74, 6) is 5.37. The fourth-order valence-electron chi connectivity index (χ4n) is 3.72. The van der Waals surface area contributed by atoms with Crippen LogP contribution in [-0.2, 0) is 9.59 Å². The second kappa shape index (κ2) is 8.92. The van der Waals surface area contributed by atoms with Crippen molar-refractivity contribution in [1.29, 1.82) is 0 Å². The second-order valence-electron chi connectivity index (χ2n) is 7.69. The Morgan fingerprint density at radius 2 is 1.74 bits per heavy atom. The average Bonchev–Trinajstić information content (AvgIpc) is 3.38. The molecule has 0 saturated carbocycles. The minimum Gasteiger partial charge on any atom is -0.345 e. The molecule has 4 amide bonds. The van der Waals surface area contributed by atoms with Gasteiger partial charge in [0, 0.05) is 43.0 Å². The van der Waals surface area contributed by atoms with Gasteiger partial charge in [-0.05, 0) is 43.3 Å². The van der Waals surface area contributed by atoms with Crippen LogP contribution < -0.4 is 20.4 Å². The van der Waals surface area contributed by atoms with Crippen molar-refractivity contribution >= 4 is 29.2 Å². The minimum atomic E-state index is -0.374. The van der Waals surface area contributed by atoms with E-state index in [0.29, 0.717) is 19.6 Å². The Balaban J connectivity index is 1.28. The Bertz CT molecular complexity index is 1050. The molecule has 1 unspecified atom stereocenters. The van der Waals surface area contributed by atoms with Gasteiger partial charge in [0.05, 0.1) is 12.5 Å². The van der Waals surface area contributed by atoms with Gasteiger partial charge in [0.2, 0.25) is 11.8 Å². The predicted molar refractivity (Wildman–Crippen MR) is 119 cm³/mol. The van der Waals surface area contributed by atoms with E-state index >= 15 is 0 Å². The lowest BCUT2D eigenvalue weighted by Gasteiger charge is -2.16. The molecule has 2 heterocycles. The van der Waals surface area contributed by atoms with Crippen LogP contribution in [0.1, 0.15) is 17.5 Å². The van der Waals surface area contributed by atoms with Gasteiger partial charge in [0.25, 0.3) is 0 Å². The molecule has 7 nitrogen and oxygen atoms in total. The summed E-state index contributed by atoms with van der Waals surface area (Å²) in [6.45, 7) is 3.89. The molecule has 158 valence electrons. The highest BCUT2D eigenvalue weighted by Gasteiger charge is 2.34. The number of nitrogens with one attached hydrogen (secondary N) is 2. The average molecular weight is 416 g/mol. The summed E-state index contributed by atoms with van der Waals surface area (Å²) in [6, 6.07) is 15.1. The van der Waals surface area contributed by atoms with E-state index in [2.05, 4.69) is 22.5 Å². The summed E-state index contributed by atoms with van der Waals surface area (Å²) >= 11 is 0. The molecule has 2 aliphatic rings. The van der Waals surface area contributed by atoms with Gasteiger partial charge in [0.1, 0.15) is 0 Å². The van der Waals surface area contributed by atoms with Crippen LogP contribution in [0.15, 0.2) is 48.5 Å². The number of hydrogen-bond donors (Lipinski definition) is 2. The third-order valence-corrected chi connectivity index (χ3v) is 5.46. The van der Waals surface area contributed by atoms with E-state index in [9.17, 15) is 14.4 Å². The van der Waals surface area contributed by atoms with Crippen molar-refractivity contribution in [2.24, 2.45) is 5.92 Å². The molecule has 0 radical (unpaired) electrons. The van der Waals surface area contributed by atoms with Crippen molar-refractivity contribution in [3.63, 3.8) is 0 Å². The van der Waals surface area contributed by atoms with Crippen LogP contribution in [0.2, 0.25) is 0 Å². The zero-order valence-electron chi connectivity index (χ0n) is 17.4. The maximum Gasteiger partial charge on any atom is 0.321 e. The van der Waals surface area contributed by atoms with Crippen molar-refractivity contribution in [2.75, 3.05) is 36.0 Å². The highest BCUT2D eigenvalue weighted by Crippen LogP contribution is 2.25. The number of carbonyl (C=O) groups excluding carboxylic acids is 3. The van der Waals surface area contributed by atoms with Crippen LogP contribution in [0.4, 0.5) is 16.2 Å². The number of amides is 4. The molecule has 0 spiro atoms. The maximum absolute atomic E-state index is 12.5. The minimum absolute atomic E-state index is 0.0399. The van der Waals surface area contributed by atoms with Gasteiger partial charge < -0.3 is 15.5 Å². The molecule has 2 saturated heterocycles. The molecular formula is C24H24N4O3. The lowest BCUT2D eigenvalue weighted by molar-refractivity contribution is -0.126. The van der Waals surface area contributed by atoms with Crippen LogP contribution in [0.3, 0.4) is 0 Å². The van der Waals surface area contributed by atoms with Crippen molar-refractivity contribution in [2.45, 2.75) is 13.3 Å². The molecule has 7 heteroatoms. The molecule has 0 aromatic heterocycles. The summed E-state index contributed by atoms with van der Waals surface area (Å²) in [4.78, 5) is 39.8. The molecule has 31 heavy (non-hydrogen) atoms. The van der Waals surface area contributed by atoms with Gasteiger partial charge in [0.15, 0.2) is 0 Å². The summed E-state index contributed by atoms with van der Waals surface area (Å²) in [7, 11) is 0. The normalized spacial score (nSPS) is 17.9. The Hall–Kier alpha value is -3.79. The third-order valence-electron chi connectivity index (χ3n) is 5.46. The molecule has 2 N–H and O–H groups in total. The maximum atomic E-state index is 12.5. The van der Waals surface area contributed by atoms with E-state index in [1.54, 1.807) is 9.80 Å². The number of benzene rings is 2. The van der Waals surface area contributed by atoms with E-state index < -0.39 is 0 Å². The molecule has 2 aromatic rings. The van der Waals surface area contributed by atoms with Gasteiger partial charge in [-0.25, -0.2) is 4.79 Å². The Kier molecular flexibility index (Phi) is 5.89. The highest BCUT2D eigenvalue weighted by atomic mass is 16.2. The van der Waals surface area contributed by atoms with Gasteiger partial charge >= 0.3 is 6.03 Å². The topological polar surface area (TPSA) is 81.8 Å². The lowest BCUT2D eigenvalue weighted by Crippen LogP contribution is -2.33. The summed E-state index contributed by atoms with van der Waals surface area (Å²) < 4.78 is 0. The summed E-state index contributed by atoms with van der Waals surface area (Å²) in [5.41, 5.74) is 3.58. The Labute approximate surface area is 181 Å². The number of rotatable bonds is 4. The summed E-state index contributed by atoms with van der Waals surface area (Å²) in [5, 5.41) is 5.58. The lowest BCUT2D eigenvalue weighted by atomic mass is 10.1. The highest BCUT2D eigenvalue weighted by molar-refractivity contribution is 6.00. The van der Waals surface area contributed by atoms with Crippen molar-refractivity contribution < 1.29 is 14.4 Å². The molecule has 0 bridgehead atoms. The number of urea groups is 1. The van der Waals surface area contributed by atoms with Crippen molar-refractivity contribution in [1.82, 2.24) is 10.6 Å². The SMILES string of the molecule is Cc1ccc(N2CC(C(=O)NCC#Cc3ccc(N4CCNC4=O)cc3)CC2=O)cc1. The molecule has 4 rings (SSSR count). The Morgan fingerprint density at radius 3 is 2.42 bits per heavy atom. The van der Waals surface area contributed by atoms with Crippen LogP contribution in [0, 0.1) is 24.7 Å². The van der Waals surface area contributed by atoms with Crippen LogP contribution in [0.25, 0.3) is 0 Å². The van der Waals surface area contributed by atoms with E-state index in [1.807, 2.05) is 55.5 Å². The standard InChI is InChI=1S/C24H24N4O3/c1-17-4-8-21(9-5-17)28-16-19(15-22(28)29)23(30)25-12-2-3-18-6-10-20(11-7-18)27-14-13-26-24(27)31/h4-11,19H,12-16H2,1H3,(H,25,30)(H,26,31). The number of carbonyl (C=O) groups is 3. The van der Waals surface area contributed by atoms with Gasteiger partial charge in [-0.2, -0.15) is 0 Å². The number of aryl methyl sites for hydroxylation is 1. The quantitative estimate of drug-likeness (QED) is 0.749.